The number of rotatable bonds is 3. The van der Waals surface area contributed by atoms with Crippen molar-refractivity contribution in [1.82, 2.24) is 0 Å². The molecule has 1 aliphatic rings. The van der Waals surface area contributed by atoms with Gasteiger partial charge in [0.1, 0.15) is 0 Å². The predicted molar refractivity (Wildman–Crippen MR) is 87.4 cm³/mol. The Morgan fingerprint density at radius 1 is 0.826 bits per heavy atom. The summed E-state index contributed by atoms with van der Waals surface area (Å²) in [6.45, 7) is 3.12. The van der Waals surface area contributed by atoms with Crippen LogP contribution in [0, 0.1) is 0 Å². The van der Waals surface area contributed by atoms with Gasteiger partial charge in [0.15, 0.2) is 11.6 Å². The van der Waals surface area contributed by atoms with Gasteiger partial charge in [-0.3, -0.25) is 14.3 Å². The van der Waals surface area contributed by atoms with E-state index in [9.17, 15) is 18.0 Å². The lowest BCUT2D eigenvalue weighted by Crippen LogP contribution is -2.24. The Kier molecular flexibility index (Phi) is 3.56. The minimum absolute atomic E-state index is 0.220. The van der Waals surface area contributed by atoms with Crippen LogP contribution in [-0.4, -0.2) is 25.2 Å². The van der Waals surface area contributed by atoms with Crippen LogP contribution in [0.5, 0.6) is 0 Å². The zero-order valence-corrected chi connectivity index (χ0v) is 13.5. The van der Waals surface area contributed by atoms with Crippen LogP contribution in [0.15, 0.2) is 42.5 Å². The average molecular weight is 329 g/mol. The van der Waals surface area contributed by atoms with Gasteiger partial charge in [0.2, 0.25) is 10.0 Å². The fourth-order valence-electron chi connectivity index (χ4n) is 2.45. The molecule has 0 radical (unpaired) electrons. The molecular formula is C17H15NO4S. The van der Waals surface area contributed by atoms with E-state index in [1.54, 1.807) is 38.1 Å². The van der Waals surface area contributed by atoms with Crippen molar-refractivity contribution in [3.05, 3.63) is 64.7 Å². The maximum Gasteiger partial charge on any atom is 0.235 e. The largest absolute Gasteiger partial charge is 0.289 e. The zero-order valence-electron chi connectivity index (χ0n) is 12.7. The smallest absolute Gasteiger partial charge is 0.235 e. The summed E-state index contributed by atoms with van der Waals surface area (Å²) in [7, 11) is -3.52. The van der Waals surface area contributed by atoms with Gasteiger partial charge in [0.25, 0.3) is 0 Å². The summed E-state index contributed by atoms with van der Waals surface area (Å²) < 4.78 is 26.3. The molecule has 0 amide bonds. The highest BCUT2D eigenvalue weighted by Crippen LogP contribution is 2.29. The molecule has 0 bridgehead atoms. The summed E-state index contributed by atoms with van der Waals surface area (Å²) in [5.74, 6) is -0.505. The van der Waals surface area contributed by atoms with Gasteiger partial charge in [-0.2, -0.15) is 0 Å². The van der Waals surface area contributed by atoms with Gasteiger partial charge in [-0.15, -0.1) is 0 Å². The van der Waals surface area contributed by atoms with Gasteiger partial charge in [-0.1, -0.05) is 24.3 Å². The summed E-state index contributed by atoms with van der Waals surface area (Å²) in [6, 6.07) is 11.0. The van der Waals surface area contributed by atoms with E-state index in [0.717, 1.165) is 0 Å². The minimum atomic E-state index is -3.52. The Morgan fingerprint density at radius 2 is 1.35 bits per heavy atom. The SMILES string of the molecule is CC(C)S(=O)(=O)Nc1ccc2c(c1)C(=O)c1ccccc1C2=O. The molecule has 5 nitrogen and oxygen atoms in total. The fourth-order valence-corrected chi connectivity index (χ4v) is 3.14. The average Bonchev–Trinajstić information content (AvgIpc) is 2.52. The van der Waals surface area contributed by atoms with Crippen LogP contribution in [0.2, 0.25) is 0 Å². The maximum atomic E-state index is 12.6. The second-order valence-electron chi connectivity index (χ2n) is 5.66. The second kappa shape index (κ2) is 5.31. The lowest BCUT2D eigenvalue weighted by atomic mass is 9.84. The van der Waals surface area contributed by atoms with Gasteiger partial charge in [0, 0.05) is 27.9 Å². The number of benzene rings is 2. The Bertz CT molecular complexity index is 929. The number of carbonyl (C=O) groups is 2. The first-order valence-electron chi connectivity index (χ1n) is 7.15. The van der Waals surface area contributed by atoms with E-state index in [4.69, 9.17) is 0 Å². The Labute approximate surface area is 134 Å². The van der Waals surface area contributed by atoms with Crippen molar-refractivity contribution in [2.45, 2.75) is 19.1 Å². The van der Waals surface area contributed by atoms with Crippen LogP contribution in [0.4, 0.5) is 5.69 Å². The predicted octanol–water partition coefficient (Wildman–Crippen LogP) is 2.61. The molecule has 0 spiro atoms. The molecule has 0 unspecified atom stereocenters. The van der Waals surface area contributed by atoms with Crippen LogP contribution < -0.4 is 4.72 Å². The molecule has 0 atom stereocenters. The summed E-state index contributed by atoms with van der Waals surface area (Å²) in [6.07, 6.45) is 0. The number of anilines is 1. The van der Waals surface area contributed by atoms with Gasteiger partial charge in [0.05, 0.1) is 5.25 Å². The van der Waals surface area contributed by atoms with E-state index in [1.807, 2.05) is 0 Å². The molecule has 3 rings (SSSR count). The first-order valence-corrected chi connectivity index (χ1v) is 8.70. The van der Waals surface area contributed by atoms with E-state index >= 15 is 0 Å². The summed E-state index contributed by atoms with van der Waals surface area (Å²) in [4.78, 5) is 25.0. The Hall–Kier alpha value is -2.47. The maximum absolute atomic E-state index is 12.6. The Morgan fingerprint density at radius 3 is 1.91 bits per heavy atom. The van der Waals surface area contributed by atoms with Gasteiger partial charge < -0.3 is 0 Å². The van der Waals surface area contributed by atoms with Gasteiger partial charge in [-0.25, -0.2) is 8.42 Å². The molecule has 118 valence electrons. The van der Waals surface area contributed by atoms with Crippen LogP contribution in [0.25, 0.3) is 0 Å². The highest BCUT2D eigenvalue weighted by atomic mass is 32.2. The highest BCUT2D eigenvalue weighted by molar-refractivity contribution is 7.93. The quantitative estimate of drug-likeness (QED) is 0.801. The van der Waals surface area contributed by atoms with Crippen molar-refractivity contribution >= 4 is 27.3 Å². The van der Waals surface area contributed by atoms with Crippen LogP contribution in [-0.2, 0) is 10.0 Å². The lowest BCUT2D eigenvalue weighted by Gasteiger charge is -2.18. The third-order valence-electron chi connectivity index (χ3n) is 3.81. The van der Waals surface area contributed by atoms with Crippen molar-refractivity contribution in [3.63, 3.8) is 0 Å². The molecule has 1 N–H and O–H groups in total. The van der Waals surface area contributed by atoms with Crippen molar-refractivity contribution < 1.29 is 18.0 Å². The third kappa shape index (κ3) is 2.55. The molecule has 0 heterocycles. The number of fused-ring (bicyclic) bond motifs is 2. The van der Waals surface area contributed by atoms with E-state index in [1.165, 1.54) is 18.2 Å². The highest BCUT2D eigenvalue weighted by Gasteiger charge is 2.29. The molecule has 0 aromatic heterocycles. The number of carbonyl (C=O) groups excluding carboxylic acids is 2. The topological polar surface area (TPSA) is 80.3 Å². The second-order valence-corrected chi connectivity index (χ2v) is 7.90. The number of hydrogen-bond acceptors (Lipinski definition) is 4. The molecule has 6 heteroatoms. The number of ketones is 2. The van der Waals surface area contributed by atoms with Crippen molar-refractivity contribution in [1.29, 1.82) is 0 Å². The van der Waals surface area contributed by atoms with E-state index < -0.39 is 15.3 Å². The van der Waals surface area contributed by atoms with Crippen molar-refractivity contribution in [2.24, 2.45) is 0 Å². The normalized spacial score (nSPS) is 13.7. The monoisotopic (exact) mass is 329 g/mol. The number of sulfonamides is 1. The van der Waals surface area contributed by atoms with Gasteiger partial charge >= 0.3 is 0 Å². The molecule has 2 aromatic carbocycles. The molecule has 0 saturated heterocycles. The van der Waals surface area contributed by atoms with Crippen molar-refractivity contribution in [3.8, 4) is 0 Å². The summed E-state index contributed by atoms with van der Waals surface area (Å²) in [5.41, 5.74) is 1.51. The molecule has 1 aliphatic carbocycles. The van der Waals surface area contributed by atoms with E-state index in [0.29, 0.717) is 16.7 Å². The number of nitrogens with one attached hydrogen (secondary N) is 1. The summed E-state index contributed by atoms with van der Waals surface area (Å²) in [5, 5.41) is -0.600. The lowest BCUT2D eigenvalue weighted by molar-refractivity contribution is 0.0979. The molecule has 0 saturated carbocycles. The van der Waals surface area contributed by atoms with E-state index in [2.05, 4.69) is 4.72 Å². The molecule has 0 aliphatic heterocycles. The minimum Gasteiger partial charge on any atom is -0.289 e. The third-order valence-corrected chi connectivity index (χ3v) is 5.57. The number of hydrogen-bond donors (Lipinski definition) is 1. The van der Waals surface area contributed by atoms with E-state index in [-0.39, 0.29) is 22.8 Å². The van der Waals surface area contributed by atoms with Crippen LogP contribution in [0.3, 0.4) is 0 Å². The molecular weight excluding hydrogens is 314 g/mol. The van der Waals surface area contributed by atoms with Crippen LogP contribution >= 0.6 is 0 Å². The Balaban J connectivity index is 2.08. The zero-order chi connectivity index (χ0) is 16.8. The molecule has 0 fully saturated rings. The molecule has 2 aromatic rings. The van der Waals surface area contributed by atoms with Crippen LogP contribution in [0.1, 0.15) is 45.7 Å². The molecule has 23 heavy (non-hydrogen) atoms. The standard InChI is InChI=1S/C17H15NO4S/c1-10(2)23(21,22)18-11-7-8-14-15(9-11)17(20)13-6-4-3-5-12(13)16(14)19/h3-10,18H,1-2H3. The van der Waals surface area contributed by atoms with Gasteiger partial charge in [-0.05, 0) is 32.0 Å². The first-order chi connectivity index (χ1) is 10.8. The van der Waals surface area contributed by atoms with Crippen molar-refractivity contribution in [2.75, 3.05) is 4.72 Å². The summed E-state index contributed by atoms with van der Waals surface area (Å²) >= 11 is 0. The first kappa shape index (κ1) is 15.4. The fraction of sp³-hybridized carbons (Fsp3) is 0.176.